The number of hydrogen-bond acceptors (Lipinski definition) is 2. The molecule has 6 aromatic carbocycles. The summed E-state index contributed by atoms with van der Waals surface area (Å²) < 4.78 is 0. The van der Waals surface area contributed by atoms with Crippen LogP contribution in [0, 0.1) is 41.5 Å². The predicted octanol–water partition coefficient (Wildman–Crippen LogP) is 12.1. The van der Waals surface area contributed by atoms with Gasteiger partial charge in [-0.1, -0.05) is 82.9 Å². The molecule has 0 aliphatic rings. The van der Waals surface area contributed by atoms with Crippen molar-refractivity contribution in [1.29, 1.82) is 0 Å². The van der Waals surface area contributed by atoms with Crippen molar-refractivity contribution in [1.82, 2.24) is 0 Å². The van der Waals surface area contributed by atoms with Gasteiger partial charge in [0, 0.05) is 34.1 Å². The Balaban J connectivity index is 1.38. The van der Waals surface area contributed by atoms with Crippen molar-refractivity contribution in [3.63, 3.8) is 0 Å². The summed E-state index contributed by atoms with van der Waals surface area (Å²) in [5.74, 6) is 0. The smallest absolute Gasteiger partial charge is 0.0464 e. The third-order valence-electron chi connectivity index (χ3n) is 8.40. The lowest BCUT2D eigenvalue weighted by molar-refractivity contribution is 1.25. The van der Waals surface area contributed by atoms with Gasteiger partial charge in [0.15, 0.2) is 0 Å². The number of anilines is 6. The van der Waals surface area contributed by atoms with Crippen LogP contribution in [0.5, 0.6) is 0 Å². The van der Waals surface area contributed by atoms with Crippen molar-refractivity contribution >= 4 is 34.1 Å². The van der Waals surface area contributed by atoms with E-state index in [2.05, 4.69) is 185 Å². The van der Waals surface area contributed by atoms with Crippen LogP contribution in [0.3, 0.4) is 0 Å². The molecule has 2 nitrogen and oxygen atoms in total. The SMILES string of the molecule is Cc1ccc(N(c2ccc(C)cc2)c2ccc(-c3ccc(N(c4ccc(C)cc4)c4ccc(C)cc4)cc3C)c(C)c2)cc1. The van der Waals surface area contributed by atoms with Crippen LogP contribution >= 0.6 is 0 Å². The van der Waals surface area contributed by atoms with Crippen molar-refractivity contribution in [3.8, 4) is 11.1 Å². The van der Waals surface area contributed by atoms with Crippen molar-refractivity contribution < 1.29 is 0 Å². The molecular formula is C42H40N2. The average molecular weight is 573 g/mol. The third-order valence-corrected chi connectivity index (χ3v) is 8.40. The van der Waals surface area contributed by atoms with Gasteiger partial charge in [0.2, 0.25) is 0 Å². The van der Waals surface area contributed by atoms with Gasteiger partial charge in [0.1, 0.15) is 0 Å². The molecule has 0 unspecified atom stereocenters. The number of aryl methyl sites for hydroxylation is 6. The third kappa shape index (κ3) is 6.02. The van der Waals surface area contributed by atoms with Gasteiger partial charge < -0.3 is 9.80 Å². The second-order valence-electron chi connectivity index (χ2n) is 12.0. The standard InChI is InChI=1S/C42H40N2/c1-29-7-15-35(16-8-29)43(36-17-9-30(2)10-18-36)39-23-25-41(33(5)27-39)42-26-24-40(28-34(42)6)44(37-19-11-31(3)12-20-37)38-21-13-32(4)14-22-38/h7-28H,1-6H3. The Hall–Kier alpha value is -5.08. The zero-order valence-electron chi connectivity index (χ0n) is 26.6. The summed E-state index contributed by atoms with van der Waals surface area (Å²) in [6.07, 6.45) is 0. The van der Waals surface area contributed by atoms with Crippen LogP contribution in [-0.4, -0.2) is 0 Å². The van der Waals surface area contributed by atoms with Crippen LogP contribution in [0.1, 0.15) is 33.4 Å². The molecule has 0 amide bonds. The minimum Gasteiger partial charge on any atom is -0.310 e. The number of hydrogen-bond donors (Lipinski definition) is 0. The fourth-order valence-corrected chi connectivity index (χ4v) is 5.85. The zero-order chi connectivity index (χ0) is 30.8. The predicted molar refractivity (Wildman–Crippen MR) is 190 cm³/mol. The summed E-state index contributed by atoms with van der Waals surface area (Å²) in [5.41, 5.74) is 16.9. The molecule has 0 atom stereocenters. The van der Waals surface area contributed by atoms with Gasteiger partial charge in [0.05, 0.1) is 0 Å². The molecule has 0 fully saturated rings. The average Bonchev–Trinajstić information content (AvgIpc) is 3.02. The second-order valence-corrected chi connectivity index (χ2v) is 12.0. The summed E-state index contributed by atoms with van der Waals surface area (Å²) in [6, 6.07) is 48.7. The molecule has 2 heteroatoms. The first kappa shape index (κ1) is 29.0. The lowest BCUT2D eigenvalue weighted by Crippen LogP contribution is -2.11. The fourth-order valence-electron chi connectivity index (χ4n) is 5.85. The second kappa shape index (κ2) is 12.3. The summed E-state index contributed by atoms with van der Waals surface area (Å²) in [6.45, 7) is 13.0. The first-order valence-electron chi connectivity index (χ1n) is 15.4. The lowest BCUT2D eigenvalue weighted by atomic mass is 9.95. The van der Waals surface area contributed by atoms with E-state index >= 15 is 0 Å². The van der Waals surface area contributed by atoms with Gasteiger partial charge in [0.25, 0.3) is 0 Å². The van der Waals surface area contributed by atoms with Gasteiger partial charge in [-0.15, -0.1) is 0 Å². The molecule has 0 aromatic heterocycles. The van der Waals surface area contributed by atoms with E-state index in [0.29, 0.717) is 0 Å². The summed E-state index contributed by atoms with van der Waals surface area (Å²) >= 11 is 0. The van der Waals surface area contributed by atoms with Crippen LogP contribution in [0.25, 0.3) is 11.1 Å². The number of benzene rings is 6. The van der Waals surface area contributed by atoms with E-state index in [1.807, 2.05) is 0 Å². The highest BCUT2D eigenvalue weighted by Gasteiger charge is 2.17. The van der Waals surface area contributed by atoms with Crippen molar-refractivity contribution in [3.05, 3.63) is 167 Å². The molecule has 0 saturated heterocycles. The summed E-state index contributed by atoms with van der Waals surface area (Å²) in [5, 5.41) is 0. The van der Waals surface area contributed by atoms with E-state index in [1.54, 1.807) is 0 Å². The first-order valence-corrected chi connectivity index (χ1v) is 15.4. The van der Waals surface area contributed by atoms with Crippen LogP contribution in [0.15, 0.2) is 133 Å². The van der Waals surface area contributed by atoms with Gasteiger partial charge in [-0.25, -0.2) is 0 Å². The zero-order valence-corrected chi connectivity index (χ0v) is 26.6. The van der Waals surface area contributed by atoms with Crippen molar-refractivity contribution in [2.45, 2.75) is 41.5 Å². The molecule has 6 aromatic rings. The summed E-state index contributed by atoms with van der Waals surface area (Å²) in [7, 11) is 0. The van der Waals surface area contributed by atoms with E-state index in [4.69, 9.17) is 0 Å². The highest BCUT2D eigenvalue weighted by atomic mass is 15.1. The van der Waals surface area contributed by atoms with Gasteiger partial charge >= 0.3 is 0 Å². The Kier molecular flexibility index (Phi) is 8.09. The van der Waals surface area contributed by atoms with Crippen LogP contribution in [0.4, 0.5) is 34.1 Å². The number of nitrogens with zero attached hydrogens (tertiary/aromatic N) is 2. The molecule has 0 spiro atoms. The first-order chi connectivity index (χ1) is 21.3. The largest absolute Gasteiger partial charge is 0.310 e. The maximum Gasteiger partial charge on any atom is 0.0464 e. The van der Waals surface area contributed by atoms with Crippen LogP contribution in [0.2, 0.25) is 0 Å². The highest BCUT2D eigenvalue weighted by molar-refractivity contribution is 5.83. The Labute approximate surface area is 262 Å². The van der Waals surface area contributed by atoms with E-state index in [0.717, 1.165) is 34.1 Å². The fraction of sp³-hybridized carbons (Fsp3) is 0.143. The molecular weight excluding hydrogens is 532 g/mol. The molecule has 218 valence electrons. The lowest BCUT2D eigenvalue weighted by Gasteiger charge is -2.27. The van der Waals surface area contributed by atoms with E-state index in [1.165, 1.54) is 44.5 Å². The van der Waals surface area contributed by atoms with E-state index < -0.39 is 0 Å². The molecule has 6 rings (SSSR count). The molecule has 0 aliphatic carbocycles. The Morgan fingerprint density at radius 3 is 0.727 bits per heavy atom. The van der Waals surface area contributed by atoms with Crippen LogP contribution in [-0.2, 0) is 0 Å². The molecule has 0 saturated carbocycles. The van der Waals surface area contributed by atoms with E-state index in [9.17, 15) is 0 Å². The molecule has 0 heterocycles. The van der Waals surface area contributed by atoms with Gasteiger partial charge in [-0.2, -0.15) is 0 Å². The molecule has 0 radical (unpaired) electrons. The van der Waals surface area contributed by atoms with Gasteiger partial charge in [-0.05, 0) is 137 Å². The minimum atomic E-state index is 1.15. The van der Waals surface area contributed by atoms with Gasteiger partial charge in [-0.3, -0.25) is 0 Å². The molecule has 0 aliphatic heterocycles. The maximum absolute atomic E-state index is 2.34. The monoisotopic (exact) mass is 572 g/mol. The normalized spacial score (nSPS) is 11.0. The molecule has 0 bridgehead atoms. The molecule has 44 heavy (non-hydrogen) atoms. The Morgan fingerprint density at radius 1 is 0.273 bits per heavy atom. The Bertz CT molecular complexity index is 1650. The van der Waals surface area contributed by atoms with E-state index in [-0.39, 0.29) is 0 Å². The van der Waals surface area contributed by atoms with Crippen molar-refractivity contribution in [2.24, 2.45) is 0 Å². The Morgan fingerprint density at radius 2 is 0.500 bits per heavy atom. The highest BCUT2D eigenvalue weighted by Crippen LogP contribution is 2.40. The minimum absolute atomic E-state index is 1.15. The van der Waals surface area contributed by atoms with Crippen LogP contribution < -0.4 is 9.80 Å². The maximum atomic E-state index is 2.34. The quantitative estimate of drug-likeness (QED) is 0.188. The summed E-state index contributed by atoms with van der Waals surface area (Å²) in [4.78, 5) is 4.68. The topological polar surface area (TPSA) is 6.48 Å². The number of rotatable bonds is 7. The van der Waals surface area contributed by atoms with Crippen molar-refractivity contribution in [2.75, 3.05) is 9.80 Å². The molecule has 0 N–H and O–H groups in total.